The van der Waals surface area contributed by atoms with Crippen molar-refractivity contribution in [1.29, 1.82) is 0 Å². The van der Waals surface area contributed by atoms with Gasteiger partial charge in [-0.2, -0.15) is 0 Å². The number of esters is 1. The lowest BCUT2D eigenvalue weighted by Crippen LogP contribution is -2.04. The predicted octanol–water partition coefficient (Wildman–Crippen LogP) is 3.24. The minimum Gasteiger partial charge on any atom is -0.465 e. The maximum Gasteiger partial charge on any atom is 0.337 e. The number of hydrogen-bond acceptors (Lipinski definition) is 4. The largest absolute Gasteiger partial charge is 0.465 e. The van der Waals surface area contributed by atoms with Crippen LogP contribution in [0.4, 0.5) is 0 Å². The van der Waals surface area contributed by atoms with Crippen LogP contribution in [0.5, 0.6) is 0 Å². The molecule has 5 nitrogen and oxygen atoms in total. The van der Waals surface area contributed by atoms with Crippen molar-refractivity contribution < 1.29 is 17.9 Å². The van der Waals surface area contributed by atoms with Gasteiger partial charge in [-0.15, -0.1) is 0 Å². The zero-order chi connectivity index (χ0) is 17.3. The van der Waals surface area contributed by atoms with Crippen molar-refractivity contribution in [2.24, 2.45) is 0 Å². The lowest BCUT2D eigenvalue weighted by molar-refractivity contribution is 0.0601. The molecule has 0 saturated heterocycles. The molecule has 0 fully saturated rings. The second-order valence-electron chi connectivity index (χ2n) is 5.64. The number of sulfone groups is 1. The number of nitrogens with one attached hydrogen (secondary N) is 1. The Morgan fingerprint density at radius 1 is 1.12 bits per heavy atom. The molecule has 0 bridgehead atoms. The van der Waals surface area contributed by atoms with Gasteiger partial charge in [0, 0.05) is 17.1 Å². The second-order valence-corrected chi connectivity index (χ2v) is 7.63. The summed E-state index contributed by atoms with van der Waals surface area (Å²) in [5.41, 5.74) is 2.80. The molecule has 2 aromatic carbocycles. The lowest BCUT2D eigenvalue weighted by Gasteiger charge is -2.05. The first-order valence-corrected chi connectivity index (χ1v) is 9.04. The zero-order valence-corrected chi connectivity index (χ0v) is 14.2. The molecular weight excluding hydrogens is 326 g/mol. The fourth-order valence-corrected chi connectivity index (χ4v) is 3.95. The maximum atomic E-state index is 12.6. The molecule has 0 unspecified atom stereocenters. The number of aromatic nitrogens is 1. The van der Waals surface area contributed by atoms with E-state index < -0.39 is 15.8 Å². The summed E-state index contributed by atoms with van der Waals surface area (Å²) in [6.07, 6.45) is 1.66. The van der Waals surface area contributed by atoms with Gasteiger partial charge >= 0.3 is 5.97 Å². The number of fused-ring (bicyclic) bond motifs is 1. The van der Waals surface area contributed by atoms with E-state index in [-0.39, 0.29) is 5.75 Å². The SMILES string of the molecule is COC(=O)c1ccc2c(CS(=O)(=O)c3ccc(C)cc3)c[nH]c2c1. The van der Waals surface area contributed by atoms with Crippen LogP contribution >= 0.6 is 0 Å². The van der Waals surface area contributed by atoms with Crippen LogP contribution in [0.2, 0.25) is 0 Å². The average Bonchev–Trinajstić information content (AvgIpc) is 2.96. The Kier molecular flexibility index (Phi) is 4.15. The number of rotatable bonds is 4. The number of carbonyl (C=O) groups is 1. The van der Waals surface area contributed by atoms with Crippen molar-refractivity contribution >= 4 is 26.7 Å². The van der Waals surface area contributed by atoms with Crippen LogP contribution in [0.3, 0.4) is 0 Å². The van der Waals surface area contributed by atoms with Gasteiger partial charge in [0.15, 0.2) is 9.84 Å². The molecule has 0 amide bonds. The summed E-state index contributed by atoms with van der Waals surface area (Å²) >= 11 is 0. The summed E-state index contributed by atoms with van der Waals surface area (Å²) < 4.78 is 29.9. The summed E-state index contributed by atoms with van der Waals surface area (Å²) in [4.78, 5) is 14.9. The van der Waals surface area contributed by atoms with Gasteiger partial charge in [-0.1, -0.05) is 23.8 Å². The van der Waals surface area contributed by atoms with Gasteiger partial charge in [0.25, 0.3) is 0 Å². The highest BCUT2D eigenvalue weighted by Crippen LogP contribution is 2.24. The lowest BCUT2D eigenvalue weighted by atomic mass is 10.1. The van der Waals surface area contributed by atoms with E-state index in [9.17, 15) is 13.2 Å². The van der Waals surface area contributed by atoms with Crippen LogP contribution in [0, 0.1) is 6.92 Å². The minimum absolute atomic E-state index is 0.104. The number of carbonyl (C=O) groups excluding carboxylic acids is 1. The Labute approximate surface area is 140 Å². The molecule has 1 N–H and O–H groups in total. The third-order valence-corrected chi connectivity index (χ3v) is 5.60. The number of aromatic amines is 1. The molecule has 0 aliphatic heterocycles. The summed E-state index contributed by atoms with van der Waals surface area (Å²) in [7, 11) is -2.11. The van der Waals surface area contributed by atoms with Gasteiger partial charge in [0.2, 0.25) is 0 Å². The van der Waals surface area contributed by atoms with E-state index >= 15 is 0 Å². The van der Waals surface area contributed by atoms with E-state index in [0.29, 0.717) is 21.5 Å². The second kappa shape index (κ2) is 6.13. The maximum absolute atomic E-state index is 12.6. The minimum atomic E-state index is -3.43. The van der Waals surface area contributed by atoms with Crippen molar-refractivity contribution in [2.45, 2.75) is 17.6 Å². The number of H-pyrrole nitrogens is 1. The first kappa shape index (κ1) is 16.3. The van der Waals surface area contributed by atoms with E-state index in [1.165, 1.54) is 7.11 Å². The fraction of sp³-hybridized carbons (Fsp3) is 0.167. The van der Waals surface area contributed by atoms with Gasteiger partial charge in [0.05, 0.1) is 23.3 Å². The van der Waals surface area contributed by atoms with E-state index in [4.69, 9.17) is 4.74 Å². The monoisotopic (exact) mass is 343 g/mol. The molecule has 6 heteroatoms. The van der Waals surface area contributed by atoms with E-state index in [1.807, 2.05) is 6.92 Å². The molecule has 24 heavy (non-hydrogen) atoms. The van der Waals surface area contributed by atoms with E-state index in [0.717, 1.165) is 10.9 Å². The predicted molar refractivity (Wildman–Crippen MR) is 91.7 cm³/mol. The van der Waals surface area contributed by atoms with Crippen LogP contribution in [0.25, 0.3) is 10.9 Å². The van der Waals surface area contributed by atoms with Crippen LogP contribution in [-0.4, -0.2) is 26.5 Å². The molecule has 1 aromatic heterocycles. The first-order chi connectivity index (χ1) is 11.4. The highest BCUT2D eigenvalue weighted by atomic mass is 32.2. The van der Waals surface area contributed by atoms with Crippen LogP contribution in [-0.2, 0) is 20.3 Å². The summed E-state index contributed by atoms with van der Waals surface area (Å²) in [6.45, 7) is 1.91. The molecule has 0 aliphatic carbocycles. The summed E-state index contributed by atoms with van der Waals surface area (Å²) in [6, 6.07) is 11.8. The highest BCUT2D eigenvalue weighted by molar-refractivity contribution is 7.90. The molecule has 3 aromatic rings. The topological polar surface area (TPSA) is 76.2 Å². The average molecular weight is 343 g/mol. The molecule has 0 spiro atoms. The van der Waals surface area contributed by atoms with Gasteiger partial charge in [0.1, 0.15) is 0 Å². The van der Waals surface area contributed by atoms with Gasteiger partial charge in [-0.05, 0) is 36.8 Å². The smallest absolute Gasteiger partial charge is 0.337 e. The summed E-state index contributed by atoms with van der Waals surface area (Å²) in [5.74, 6) is -0.534. The van der Waals surface area contributed by atoms with Crippen molar-refractivity contribution in [1.82, 2.24) is 4.98 Å². The van der Waals surface area contributed by atoms with Crippen LogP contribution in [0.1, 0.15) is 21.5 Å². The number of benzene rings is 2. The number of hydrogen-bond donors (Lipinski definition) is 1. The van der Waals surface area contributed by atoms with Gasteiger partial charge < -0.3 is 9.72 Å². The van der Waals surface area contributed by atoms with Crippen molar-refractivity contribution in [2.75, 3.05) is 7.11 Å². The molecule has 0 saturated carbocycles. The van der Waals surface area contributed by atoms with E-state index in [2.05, 4.69) is 4.98 Å². The van der Waals surface area contributed by atoms with Crippen LogP contribution in [0.15, 0.2) is 53.6 Å². The third-order valence-electron chi connectivity index (χ3n) is 3.91. The zero-order valence-electron chi connectivity index (χ0n) is 13.4. The van der Waals surface area contributed by atoms with Gasteiger partial charge in [-0.3, -0.25) is 0 Å². The molecule has 124 valence electrons. The Bertz CT molecular complexity index is 1000. The molecule has 1 heterocycles. The Balaban J connectivity index is 1.95. The molecular formula is C18H17NO4S. The number of methoxy groups -OCH3 is 1. The molecule has 3 rings (SSSR count). The van der Waals surface area contributed by atoms with Gasteiger partial charge in [-0.25, -0.2) is 13.2 Å². The van der Waals surface area contributed by atoms with Crippen molar-refractivity contribution in [3.8, 4) is 0 Å². The molecule has 0 aliphatic rings. The van der Waals surface area contributed by atoms with Crippen molar-refractivity contribution in [3.05, 3.63) is 65.4 Å². The third kappa shape index (κ3) is 3.05. The normalized spacial score (nSPS) is 11.6. The fourth-order valence-electron chi connectivity index (χ4n) is 2.58. The van der Waals surface area contributed by atoms with Crippen LogP contribution < -0.4 is 0 Å². The Hall–Kier alpha value is -2.60. The van der Waals surface area contributed by atoms with E-state index in [1.54, 1.807) is 48.7 Å². The summed E-state index contributed by atoms with van der Waals surface area (Å²) in [5, 5.41) is 0.776. The standard InChI is InChI=1S/C18H17NO4S/c1-12-3-6-15(7-4-12)24(21,22)11-14-10-19-17-9-13(18(20)23-2)5-8-16(14)17/h3-10,19H,11H2,1-2H3. The van der Waals surface area contributed by atoms with Crippen molar-refractivity contribution in [3.63, 3.8) is 0 Å². The Morgan fingerprint density at radius 2 is 1.83 bits per heavy atom. The quantitative estimate of drug-likeness (QED) is 0.738. The molecule has 0 atom stereocenters. The highest BCUT2D eigenvalue weighted by Gasteiger charge is 2.18. The number of ether oxygens (including phenoxy) is 1. The molecule has 0 radical (unpaired) electrons. The number of aryl methyl sites for hydroxylation is 1. The first-order valence-electron chi connectivity index (χ1n) is 7.38. The Morgan fingerprint density at radius 3 is 2.50 bits per heavy atom.